The van der Waals surface area contributed by atoms with Crippen molar-refractivity contribution in [3.8, 4) is 11.1 Å². The molecule has 1 aliphatic heterocycles. The molecule has 2 unspecified atom stereocenters. The van der Waals surface area contributed by atoms with E-state index in [0.717, 1.165) is 0 Å². The number of hydrogen-bond donors (Lipinski definition) is 0. The minimum Gasteiger partial charge on any atom is -1.00 e. The SMILES string of the molecule is CC1=Cc2c(-c3ccccc3)ccc(C)c2[CH]1[Zr+2][C]1=C(C(C)C)C=C2C=CSC21.[Cl-].[Cl-]. The van der Waals surface area contributed by atoms with Crippen molar-refractivity contribution in [3.63, 3.8) is 0 Å². The zero-order valence-corrected chi connectivity index (χ0v) is 23.0. The van der Waals surface area contributed by atoms with Gasteiger partial charge in [-0.2, -0.15) is 0 Å². The van der Waals surface area contributed by atoms with Crippen molar-refractivity contribution in [2.45, 2.75) is 36.6 Å². The predicted octanol–water partition coefficient (Wildman–Crippen LogP) is 1.69. The molecule has 5 rings (SSSR count). The quantitative estimate of drug-likeness (QED) is 0.565. The van der Waals surface area contributed by atoms with Gasteiger partial charge in [0.15, 0.2) is 0 Å². The maximum atomic E-state index is 2.50. The summed E-state index contributed by atoms with van der Waals surface area (Å²) in [6, 6.07) is 15.6. The summed E-state index contributed by atoms with van der Waals surface area (Å²) in [6.07, 6.45) is 7.34. The maximum Gasteiger partial charge on any atom is -1.00 e. The maximum absolute atomic E-state index is 2.50. The molecule has 2 aromatic carbocycles. The fraction of sp³-hybridized carbons (Fsp3) is 0.259. The van der Waals surface area contributed by atoms with Crippen LogP contribution in [0.25, 0.3) is 17.2 Å². The molecule has 1 heterocycles. The number of allylic oxidation sites excluding steroid dienone is 4. The summed E-state index contributed by atoms with van der Waals surface area (Å²) in [5.41, 5.74) is 12.1. The van der Waals surface area contributed by atoms with E-state index in [-0.39, 0.29) is 24.8 Å². The second-order valence-electron chi connectivity index (χ2n) is 8.58. The second-order valence-corrected chi connectivity index (χ2v) is 13.0. The molecule has 0 bridgehead atoms. The van der Waals surface area contributed by atoms with Crippen molar-refractivity contribution in [1.82, 2.24) is 0 Å². The molecule has 158 valence electrons. The van der Waals surface area contributed by atoms with Gasteiger partial charge in [-0.25, -0.2) is 0 Å². The molecule has 0 saturated heterocycles. The number of rotatable bonds is 4. The molecule has 0 nitrogen and oxygen atoms in total. The summed E-state index contributed by atoms with van der Waals surface area (Å²) >= 11 is 1.22. The van der Waals surface area contributed by atoms with Crippen LogP contribution >= 0.6 is 11.8 Å². The Morgan fingerprint density at radius 2 is 1.68 bits per heavy atom. The van der Waals surface area contributed by atoms with E-state index in [0.29, 0.717) is 14.8 Å². The number of fused-ring (bicyclic) bond motifs is 2. The first kappa shape index (κ1) is 24.8. The van der Waals surface area contributed by atoms with Crippen molar-refractivity contribution in [2.75, 3.05) is 0 Å². The first-order valence-corrected chi connectivity index (χ1v) is 14.0. The van der Waals surface area contributed by atoms with Crippen LogP contribution in [-0.2, 0) is 23.2 Å². The number of halogens is 2. The van der Waals surface area contributed by atoms with Crippen LogP contribution in [0.5, 0.6) is 0 Å². The molecular weight excluding hydrogens is 518 g/mol. The minimum absolute atomic E-state index is 0. The van der Waals surface area contributed by atoms with Gasteiger partial charge in [0.1, 0.15) is 0 Å². The molecule has 0 aromatic heterocycles. The van der Waals surface area contributed by atoms with E-state index in [4.69, 9.17) is 0 Å². The summed E-state index contributed by atoms with van der Waals surface area (Å²) in [5, 5.41) is 2.92. The Kier molecular flexibility index (Phi) is 8.02. The third kappa shape index (κ3) is 4.39. The van der Waals surface area contributed by atoms with Gasteiger partial charge in [0, 0.05) is 0 Å². The molecule has 3 aliphatic rings. The standard InChI is InChI=1S/C17H15.C10H11S.2ClH.Zr/c1-12-10-16-13(2)8-9-15(17(16)11-12)14-6-4-3-5-7-14;1-7(2)9-5-8-3-4-11-10(8)6-9;;;/h3-11H,1-2H3;3-5,7,10H,1-2H3;2*1H;/q;;;;+2/p-2. The van der Waals surface area contributed by atoms with Gasteiger partial charge in [0.25, 0.3) is 0 Å². The molecule has 0 N–H and O–H groups in total. The van der Waals surface area contributed by atoms with Gasteiger partial charge in [-0.05, 0) is 0 Å². The summed E-state index contributed by atoms with van der Waals surface area (Å²) in [4.78, 5) is 0. The van der Waals surface area contributed by atoms with E-state index in [1.54, 1.807) is 22.3 Å². The summed E-state index contributed by atoms with van der Waals surface area (Å²) in [7, 11) is 0. The van der Waals surface area contributed by atoms with E-state index < -0.39 is 23.2 Å². The first-order valence-electron chi connectivity index (χ1n) is 10.5. The van der Waals surface area contributed by atoms with Crippen LogP contribution in [0.3, 0.4) is 0 Å². The van der Waals surface area contributed by atoms with Crippen molar-refractivity contribution in [3.05, 3.63) is 96.7 Å². The average molecular weight is 545 g/mol. The van der Waals surface area contributed by atoms with Crippen LogP contribution in [0.15, 0.2) is 80.0 Å². The molecule has 31 heavy (non-hydrogen) atoms. The largest absolute Gasteiger partial charge is 1.00 e. The zero-order chi connectivity index (χ0) is 20.1. The van der Waals surface area contributed by atoms with Gasteiger partial charge in [-0.3, -0.25) is 0 Å². The first-order chi connectivity index (χ1) is 14.0. The molecule has 0 amide bonds. The molecule has 4 heteroatoms. The van der Waals surface area contributed by atoms with Crippen molar-refractivity contribution >= 4 is 17.8 Å². The van der Waals surface area contributed by atoms with Crippen molar-refractivity contribution in [1.29, 1.82) is 0 Å². The molecule has 2 aliphatic carbocycles. The molecule has 2 atom stereocenters. The van der Waals surface area contributed by atoms with Gasteiger partial charge < -0.3 is 24.8 Å². The van der Waals surface area contributed by atoms with Crippen LogP contribution in [0.2, 0.25) is 0 Å². The van der Waals surface area contributed by atoms with E-state index in [1.807, 2.05) is 15.0 Å². The molecular formula is C27H26Cl2SZr. The number of thioether (sulfide) groups is 1. The monoisotopic (exact) mass is 542 g/mol. The van der Waals surface area contributed by atoms with Gasteiger partial charge in [-0.1, -0.05) is 0 Å². The normalized spacial score (nSPS) is 20.5. The van der Waals surface area contributed by atoms with Crippen LogP contribution in [0.4, 0.5) is 0 Å². The van der Waals surface area contributed by atoms with Crippen LogP contribution in [0, 0.1) is 12.8 Å². The Morgan fingerprint density at radius 1 is 0.935 bits per heavy atom. The topological polar surface area (TPSA) is 0 Å². The van der Waals surface area contributed by atoms with Gasteiger partial charge in [0.05, 0.1) is 0 Å². The van der Waals surface area contributed by atoms with Gasteiger partial charge in [-0.15, -0.1) is 0 Å². The van der Waals surface area contributed by atoms with E-state index in [1.165, 1.54) is 22.3 Å². The molecule has 2 aromatic rings. The average Bonchev–Trinajstić information content (AvgIpc) is 3.38. The van der Waals surface area contributed by atoms with Crippen LogP contribution in [0.1, 0.15) is 41.1 Å². The van der Waals surface area contributed by atoms with Crippen LogP contribution < -0.4 is 24.8 Å². The van der Waals surface area contributed by atoms with Crippen molar-refractivity contribution < 1.29 is 48.0 Å². The van der Waals surface area contributed by atoms with Crippen molar-refractivity contribution in [2.24, 2.45) is 5.92 Å². The Bertz CT molecular complexity index is 1110. The number of hydrogen-bond acceptors (Lipinski definition) is 1. The fourth-order valence-corrected chi connectivity index (χ4v) is 11.6. The van der Waals surface area contributed by atoms with Gasteiger partial charge in [0.2, 0.25) is 0 Å². The minimum atomic E-state index is -0.808. The van der Waals surface area contributed by atoms with E-state index in [9.17, 15) is 0 Å². The second kappa shape index (κ2) is 10.0. The van der Waals surface area contributed by atoms with Gasteiger partial charge >= 0.3 is 191 Å². The fourth-order valence-electron chi connectivity index (χ4n) is 4.80. The zero-order valence-electron chi connectivity index (χ0n) is 18.2. The number of aryl methyl sites for hydroxylation is 1. The van der Waals surface area contributed by atoms with Crippen LogP contribution in [-0.4, -0.2) is 5.25 Å². The molecule has 0 saturated carbocycles. The third-order valence-electron chi connectivity index (χ3n) is 6.30. The number of benzene rings is 2. The Morgan fingerprint density at radius 3 is 2.39 bits per heavy atom. The Balaban J connectivity index is 0.00000136. The summed E-state index contributed by atoms with van der Waals surface area (Å²) < 4.78 is 2.48. The van der Waals surface area contributed by atoms with E-state index >= 15 is 0 Å². The van der Waals surface area contributed by atoms with E-state index in [2.05, 4.69) is 93.8 Å². The molecule has 0 spiro atoms. The summed E-state index contributed by atoms with van der Waals surface area (Å²) in [6.45, 7) is 9.42. The molecule has 0 fully saturated rings. The summed E-state index contributed by atoms with van der Waals surface area (Å²) in [5.74, 6) is 0.625. The smallest absolute Gasteiger partial charge is 1.00 e. The Labute approximate surface area is 214 Å². The molecule has 0 radical (unpaired) electrons. The Hall–Kier alpha value is -0.787. The predicted molar refractivity (Wildman–Crippen MR) is 123 cm³/mol. The third-order valence-corrected chi connectivity index (χ3v) is 12.6.